The number of aromatic nitrogens is 5. The predicted octanol–water partition coefficient (Wildman–Crippen LogP) is 3.18. The number of imidazole rings is 2. The number of halogens is 2. The van der Waals surface area contributed by atoms with Gasteiger partial charge in [-0.05, 0) is 23.8 Å². The van der Waals surface area contributed by atoms with Crippen molar-refractivity contribution in [2.45, 2.75) is 0 Å². The molecule has 0 saturated carbocycles. The Labute approximate surface area is 152 Å². The van der Waals surface area contributed by atoms with E-state index in [0.29, 0.717) is 11.3 Å². The Morgan fingerprint density at radius 3 is 2.67 bits per heavy atom. The van der Waals surface area contributed by atoms with Crippen molar-refractivity contribution in [2.24, 2.45) is 7.05 Å². The Morgan fingerprint density at radius 1 is 1.07 bits per heavy atom. The molecule has 3 aromatic heterocycles. The molecular weight excluding hydrogens is 352 g/mol. The van der Waals surface area contributed by atoms with Crippen molar-refractivity contribution in [3.8, 4) is 16.8 Å². The second-order valence-electron chi connectivity index (χ2n) is 5.87. The smallest absolute Gasteiger partial charge is 0.248 e. The summed E-state index contributed by atoms with van der Waals surface area (Å²) in [4.78, 5) is 24.1. The number of carbonyl (C=O) groups excluding carboxylic acids is 1. The molecule has 27 heavy (non-hydrogen) atoms. The Kier molecular flexibility index (Phi) is 4.08. The summed E-state index contributed by atoms with van der Waals surface area (Å²) in [5.41, 5.74) is 0.944. The molecule has 0 unspecified atom stereocenters. The molecule has 0 radical (unpaired) electrons. The predicted molar refractivity (Wildman–Crippen MR) is 93.4 cm³/mol. The molecule has 0 spiro atoms. The summed E-state index contributed by atoms with van der Waals surface area (Å²) >= 11 is 0. The second kappa shape index (κ2) is 6.56. The van der Waals surface area contributed by atoms with Gasteiger partial charge in [0.25, 0.3) is 0 Å². The van der Waals surface area contributed by atoms with Gasteiger partial charge in [-0.3, -0.25) is 4.79 Å². The Morgan fingerprint density at radius 2 is 1.93 bits per heavy atom. The van der Waals surface area contributed by atoms with Gasteiger partial charge in [0, 0.05) is 37.5 Å². The largest absolute Gasteiger partial charge is 0.331 e. The number of rotatable bonds is 4. The molecule has 0 atom stereocenters. The van der Waals surface area contributed by atoms with Gasteiger partial charge in [-0.2, -0.15) is 4.39 Å². The first-order valence-corrected chi connectivity index (χ1v) is 8.01. The highest BCUT2D eigenvalue weighted by Gasteiger charge is 2.17. The highest BCUT2D eigenvalue weighted by atomic mass is 19.1. The van der Waals surface area contributed by atoms with Crippen molar-refractivity contribution in [3.63, 3.8) is 0 Å². The SMILES string of the molecule is Cn1ccnc1C(=O)c1cn(-c2cccc(-c3c(F)ccnc3F)c2)cn1. The molecule has 0 bridgehead atoms. The summed E-state index contributed by atoms with van der Waals surface area (Å²) in [5.74, 6) is -1.63. The third-order valence-electron chi connectivity index (χ3n) is 4.13. The first kappa shape index (κ1) is 16.8. The third kappa shape index (κ3) is 3.01. The van der Waals surface area contributed by atoms with Crippen LogP contribution in [0.1, 0.15) is 16.3 Å². The fraction of sp³-hybridized carbons (Fsp3) is 0.0526. The number of pyridine rings is 1. The molecule has 0 aliphatic carbocycles. The maximum Gasteiger partial charge on any atom is 0.248 e. The maximum atomic E-state index is 14.0. The lowest BCUT2D eigenvalue weighted by Gasteiger charge is -2.07. The van der Waals surface area contributed by atoms with Gasteiger partial charge >= 0.3 is 0 Å². The van der Waals surface area contributed by atoms with E-state index in [9.17, 15) is 13.6 Å². The number of ketones is 1. The summed E-state index contributed by atoms with van der Waals surface area (Å²) in [6.07, 6.45) is 7.29. The van der Waals surface area contributed by atoms with Gasteiger partial charge in [0.05, 0.1) is 5.56 Å². The van der Waals surface area contributed by atoms with Crippen molar-refractivity contribution in [1.82, 2.24) is 24.1 Å². The minimum Gasteiger partial charge on any atom is -0.331 e. The lowest BCUT2D eigenvalue weighted by Crippen LogP contribution is -2.09. The van der Waals surface area contributed by atoms with Crippen LogP contribution in [0.25, 0.3) is 16.8 Å². The number of hydrogen-bond acceptors (Lipinski definition) is 4. The van der Waals surface area contributed by atoms with E-state index in [1.165, 1.54) is 12.5 Å². The van der Waals surface area contributed by atoms with Crippen molar-refractivity contribution >= 4 is 5.78 Å². The van der Waals surface area contributed by atoms with Crippen LogP contribution in [-0.2, 0) is 7.05 Å². The number of aryl methyl sites for hydroxylation is 1. The van der Waals surface area contributed by atoms with E-state index >= 15 is 0 Å². The van der Waals surface area contributed by atoms with Gasteiger partial charge in [-0.15, -0.1) is 0 Å². The van der Waals surface area contributed by atoms with E-state index in [4.69, 9.17) is 0 Å². The maximum absolute atomic E-state index is 14.0. The Bertz CT molecular complexity index is 1130. The summed E-state index contributed by atoms with van der Waals surface area (Å²) in [7, 11) is 1.72. The monoisotopic (exact) mass is 365 g/mol. The van der Waals surface area contributed by atoms with Crippen LogP contribution in [0.5, 0.6) is 0 Å². The highest BCUT2D eigenvalue weighted by Crippen LogP contribution is 2.26. The molecule has 0 saturated heterocycles. The van der Waals surface area contributed by atoms with Crippen LogP contribution >= 0.6 is 0 Å². The number of carbonyl (C=O) groups is 1. The van der Waals surface area contributed by atoms with E-state index < -0.39 is 11.8 Å². The number of benzene rings is 1. The molecule has 3 heterocycles. The van der Waals surface area contributed by atoms with Crippen molar-refractivity contribution in [3.05, 3.63) is 84.7 Å². The minimum atomic E-state index is -0.886. The van der Waals surface area contributed by atoms with E-state index in [2.05, 4.69) is 15.0 Å². The van der Waals surface area contributed by atoms with Crippen LogP contribution in [0.3, 0.4) is 0 Å². The van der Waals surface area contributed by atoms with Gasteiger partial charge < -0.3 is 9.13 Å². The standard InChI is InChI=1S/C19H13F2N5O/c1-25-8-7-23-19(25)17(27)15-10-26(11-24-15)13-4-2-3-12(9-13)16-14(20)5-6-22-18(16)21/h2-11H,1H3. The molecule has 6 nitrogen and oxygen atoms in total. The topological polar surface area (TPSA) is 65.6 Å². The molecule has 0 aliphatic heterocycles. The van der Waals surface area contributed by atoms with Crippen LogP contribution in [0.2, 0.25) is 0 Å². The molecule has 0 aliphatic rings. The van der Waals surface area contributed by atoms with Crippen LogP contribution in [0.15, 0.2) is 61.4 Å². The molecule has 0 fully saturated rings. The summed E-state index contributed by atoms with van der Waals surface area (Å²) in [5, 5.41) is 0. The van der Waals surface area contributed by atoms with Gasteiger partial charge in [0.1, 0.15) is 17.8 Å². The average molecular weight is 365 g/mol. The summed E-state index contributed by atoms with van der Waals surface area (Å²) < 4.78 is 31.2. The summed E-state index contributed by atoms with van der Waals surface area (Å²) in [6, 6.07) is 7.69. The van der Waals surface area contributed by atoms with E-state index in [1.54, 1.807) is 52.8 Å². The average Bonchev–Trinajstić information content (AvgIpc) is 3.31. The molecule has 4 rings (SSSR count). The van der Waals surface area contributed by atoms with Crippen LogP contribution in [0, 0.1) is 11.8 Å². The van der Waals surface area contributed by atoms with E-state index in [-0.39, 0.29) is 22.9 Å². The second-order valence-corrected chi connectivity index (χ2v) is 5.87. The van der Waals surface area contributed by atoms with Crippen LogP contribution in [-0.4, -0.2) is 29.9 Å². The van der Waals surface area contributed by atoms with Crippen molar-refractivity contribution in [2.75, 3.05) is 0 Å². The number of nitrogens with zero attached hydrogens (tertiary/aromatic N) is 5. The number of hydrogen-bond donors (Lipinski definition) is 0. The Balaban J connectivity index is 1.71. The zero-order valence-electron chi connectivity index (χ0n) is 14.2. The normalized spacial score (nSPS) is 10.9. The van der Waals surface area contributed by atoms with E-state index in [0.717, 1.165) is 12.3 Å². The van der Waals surface area contributed by atoms with Crippen LogP contribution in [0.4, 0.5) is 8.78 Å². The molecular formula is C19H13F2N5O. The molecule has 0 N–H and O–H groups in total. The van der Waals surface area contributed by atoms with Crippen LogP contribution < -0.4 is 0 Å². The first-order chi connectivity index (χ1) is 13.0. The van der Waals surface area contributed by atoms with E-state index in [1.807, 2.05) is 0 Å². The van der Waals surface area contributed by atoms with Gasteiger partial charge in [0.2, 0.25) is 11.7 Å². The fourth-order valence-corrected chi connectivity index (χ4v) is 2.77. The lowest BCUT2D eigenvalue weighted by atomic mass is 10.1. The van der Waals surface area contributed by atoms with Gasteiger partial charge in [0.15, 0.2) is 5.82 Å². The lowest BCUT2D eigenvalue weighted by molar-refractivity contribution is 0.102. The molecule has 134 valence electrons. The van der Waals surface area contributed by atoms with Gasteiger partial charge in [-0.1, -0.05) is 12.1 Å². The zero-order valence-corrected chi connectivity index (χ0v) is 14.2. The highest BCUT2D eigenvalue weighted by molar-refractivity contribution is 6.05. The minimum absolute atomic E-state index is 0.205. The van der Waals surface area contributed by atoms with Crippen molar-refractivity contribution < 1.29 is 13.6 Å². The third-order valence-corrected chi connectivity index (χ3v) is 4.13. The van der Waals surface area contributed by atoms with Gasteiger partial charge in [-0.25, -0.2) is 19.3 Å². The fourth-order valence-electron chi connectivity index (χ4n) is 2.77. The molecule has 0 amide bonds. The summed E-state index contributed by atoms with van der Waals surface area (Å²) in [6.45, 7) is 0. The molecule has 8 heteroatoms. The molecule has 4 aromatic rings. The molecule has 1 aromatic carbocycles. The quantitative estimate of drug-likeness (QED) is 0.412. The zero-order chi connectivity index (χ0) is 19.0. The van der Waals surface area contributed by atoms with Crippen molar-refractivity contribution in [1.29, 1.82) is 0 Å². The Hall–Kier alpha value is -3.68. The first-order valence-electron chi connectivity index (χ1n) is 8.01.